The minimum absolute atomic E-state index is 0. The molecule has 0 amide bonds. The Hall–Kier alpha value is -4.99. The van der Waals surface area contributed by atoms with Crippen LogP contribution in [-0.4, -0.2) is 26.5 Å². The number of fused-ring (bicyclic) bond motifs is 3. The first-order valence-electron chi connectivity index (χ1n) is 21.6. The van der Waals surface area contributed by atoms with Gasteiger partial charge in [0.15, 0.2) is 0 Å². The molecule has 0 fully saturated rings. The topological polar surface area (TPSA) is 42.6 Å². The van der Waals surface area contributed by atoms with Crippen molar-refractivity contribution < 1.29 is 25.8 Å². The van der Waals surface area contributed by atoms with E-state index in [-0.39, 0.29) is 32.0 Å². The molecule has 6 heteroatoms. The molecule has 0 aliphatic carbocycles. The molecule has 61 heavy (non-hydrogen) atoms. The molecule has 5 nitrogen and oxygen atoms in total. The van der Waals surface area contributed by atoms with Crippen LogP contribution in [0.1, 0.15) is 97.1 Å². The molecule has 0 unspecified atom stereocenters. The Labute approximate surface area is 378 Å². The quantitative estimate of drug-likeness (QED) is 0.135. The molecule has 0 radical (unpaired) electrons. The number of para-hydroxylation sites is 1. The van der Waals surface area contributed by atoms with Crippen LogP contribution in [0.5, 0.6) is 11.5 Å². The van der Waals surface area contributed by atoms with Crippen LogP contribution in [0, 0.1) is 50.7 Å². The number of hydrogen-bond acceptors (Lipinski definition) is 4. The minimum atomic E-state index is -0.421. The van der Waals surface area contributed by atoms with Gasteiger partial charge in [0.05, 0.1) is 22.4 Å². The summed E-state index contributed by atoms with van der Waals surface area (Å²) in [5, 5.41) is 2.28. The van der Waals surface area contributed by atoms with Crippen LogP contribution >= 0.6 is 0 Å². The first-order chi connectivity index (χ1) is 28.4. The molecule has 7 aromatic rings. The monoisotopic (exact) mass is 987 g/mol. The van der Waals surface area contributed by atoms with Gasteiger partial charge in [-0.05, 0) is 106 Å². The van der Waals surface area contributed by atoms with E-state index in [9.17, 15) is 0 Å². The van der Waals surface area contributed by atoms with Crippen molar-refractivity contribution in [1.82, 2.24) is 9.55 Å². The first-order valence-corrected chi connectivity index (χ1v) is 21.6. The van der Waals surface area contributed by atoms with E-state index in [1.807, 2.05) is 12.3 Å². The van der Waals surface area contributed by atoms with Gasteiger partial charge >= 0.3 is 21.1 Å². The van der Waals surface area contributed by atoms with Gasteiger partial charge in [0.1, 0.15) is 5.65 Å². The Kier molecular flexibility index (Phi) is 11.8. The van der Waals surface area contributed by atoms with Gasteiger partial charge in [0.2, 0.25) is 0 Å². The first kappa shape index (κ1) is 44.1. The van der Waals surface area contributed by atoms with Crippen LogP contribution in [0.4, 0.5) is 5.69 Å². The summed E-state index contributed by atoms with van der Waals surface area (Å²) < 4.78 is 9.28. The molecule has 1 aliphatic heterocycles. The summed E-state index contributed by atoms with van der Waals surface area (Å²) in [5.41, 5.74) is 10.9. The molecule has 0 saturated heterocycles. The zero-order valence-corrected chi connectivity index (χ0v) is 40.4. The maximum absolute atomic E-state index is 7.06. The smallest absolute Gasteiger partial charge is 0.503 e. The van der Waals surface area contributed by atoms with Gasteiger partial charge in [-0.1, -0.05) is 132 Å². The van der Waals surface area contributed by atoms with Crippen molar-refractivity contribution in [1.29, 1.82) is 0 Å². The standard InChI is InChI=1S/C55H60N4O.Pt/c1-34(2)49(35(3)4)55(13)54(11,12)59(50-37(6)19-17-20-38(50)7)51(57-55)41-28-40(39-21-15-14-16-22-39)29-44(30-41)60-45-32-42(53(8,9)10)31-43(33-45)58-48-25-24-36(5)27-47(48)46-23-18-26-56-52(46)58;/h14-29,31-32,34-35,49H,1-13H3;/q-2;+2/t55-;/m1./s1. The van der Waals surface area contributed by atoms with Crippen LogP contribution in [0.3, 0.4) is 0 Å². The predicted molar refractivity (Wildman–Crippen MR) is 252 cm³/mol. The van der Waals surface area contributed by atoms with Gasteiger partial charge in [0, 0.05) is 34.2 Å². The van der Waals surface area contributed by atoms with E-state index in [0.29, 0.717) is 29.3 Å². The third kappa shape index (κ3) is 7.77. The summed E-state index contributed by atoms with van der Waals surface area (Å²) in [6, 6.07) is 44.1. The number of nitrogens with zero attached hydrogens (tertiary/aromatic N) is 4. The summed E-state index contributed by atoms with van der Waals surface area (Å²) in [5.74, 6) is 3.29. The largest absolute Gasteiger partial charge is 2.00 e. The van der Waals surface area contributed by atoms with Crippen molar-refractivity contribution in [2.45, 2.75) is 107 Å². The summed E-state index contributed by atoms with van der Waals surface area (Å²) in [7, 11) is 0. The molecule has 0 bridgehead atoms. The van der Waals surface area contributed by atoms with Gasteiger partial charge in [-0.25, -0.2) is 4.98 Å². The molecule has 5 aromatic carbocycles. The maximum atomic E-state index is 7.06. The fourth-order valence-electron chi connectivity index (χ4n) is 10.1. The summed E-state index contributed by atoms with van der Waals surface area (Å²) in [4.78, 5) is 13.3. The average molecular weight is 988 g/mol. The predicted octanol–water partition coefficient (Wildman–Crippen LogP) is 14.2. The third-order valence-electron chi connectivity index (χ3n) is 13.1. The van der Waals surface area contributed by atoms with Crippen molar-refractivity contribution in [2.75, 3.05) is 4.90 Å². The molecule has 0 spiro atoms. The van der Waals surface area contributed by atoms with Gasteiger partial charge in [-0.3, -0.25) is 0 Å². The molecule has 316 valence electrons. The molecule has 3 heterocycles. The van der Waals surface area contributed by atoms with Gasteiger partial charge in [-0.15, -0.1) is 35.4 Å². The van der Waals surface area contributed by atoms with Crippen molar-refractivity contribution >= 4 is 33.5 Å². The normalized spacial score (nSPS) is 16.5. The van der Waals surface area contributed by atoms with Crippen molar-refractivity contribution in [3.63, 3.8) is 0 Å². The number of aliphatic imine (C=N–C) groups is 1. The Bertz CT molecular complexity index is 2740. The number of rotatable bonds is 9. The molecule has 0 N–H and O–H groups in total. The minimum Gasteiger partial charge on any atom is -0.503 e. The zero-order valence-electron chi connectivity index (χ0n) is 38.1. The number of anilines is 1. The fourth-order valence-corrected chi connectivity index (χ4v) is 10.1. The van der Waals surface area contributed by atoms with E-state index in [0.717, 1.165) is 50.3 Å². The second-order valence-corrected chi connectivity index (χ2v) is 19.4. The molecular weight excluding hydrogens is 928 g/mol. The number of benzene rings is 5. The van der Waals surface area contributed by atoms with E-state index in [1.54, 1.807) is 0 Å². The van der Waals surface area contributed by atoms with Crippen LogP contribution in [0.15, 0.2) is 114 Å². The Balaban J connectivity index is 0.00000561. The van der Waals surface area contributed by atoms with E-state index < -0.39 is 5.54 Å². The average Bonchev–Trinajstić information content (AvgIpc) is 3.61. The Morgan fingerprint density at radius 2 is 1.36 bits per heavy atom. The van der Waals surface area contributed by atoms with Crippen LogP contribution < -0.4 is 9.64 Å². The fraction of sp³-hybridized carbons (Fsp3) is 0.345. The number of amidine groups is 1. The number of ether oxygens (including phenoxy) is 1. The summed E-state index contributed by atoms with van der Waals surface area (Å²) in [6.45, 7) is 29.8. The molecule has 0 saturated carbocycles. The van der Waals surface area contributed by atoms with Gasteiger partial charge in [-0.2, -0.15) is 0 Å². The molecule has 1 atom stereocenters. The second-order valence-electron chi connectivity index (χ2n) is 19.4. The third-order valence-corrected chi connectivity index (χ3v) is 13.1. The van der Waals surface area contributed by atoms with Crippen molar-refractivity contribution in [3.05, 3.63) is 149 Å². The SMILES string of the molecule is Cc1ccc2c(c1)c1cccnc1n2-c1[c-]c(Oc2[c-]c(C3=N[C@](C)(C(C(C)C)C(C)C)C(C)(C)N3c3c(C)cccc3C)cc(-c3ccccc3)c2)cc(C(C)(C)C)c1.[Pt+2]. The maximum Gasteiger partial charge on any atom is 2.00 e. The number of hydrogen-bond donors (Lipinski definition) is 0. The molecule has 2 aromatic heterocycles. The summed E-state index contributed by atoms with van der Waals surface area (Å²) >= 11 is 0. The van der Waals surface area contributed by atoms with Gasteiger partial charge < -0.3 is 19.2 Å². The van der Waals surface area contributed by atoms with E-state index in [1.165, 1.54) is 27.8 Å². The zero-order chi connectivity index (χ0) is 42.9. The van der Waals surface area contributed by atoms with E-state index in [4.69, 9.17) is 14.7 Å². The second kappa shape index (κ2) is 16.4. The molecular formula is C55H60N4OPt. The van der Waals surface area contributed by atoms with Crippen LogP contribution in [0.2, 0.25) is 0 Å². The number of aromatic nitrogens is 2. The van der Waals surface area contributed by atoms with Crippen LogP contribution in [-0.2, 0) is 26.5 Å². The van der Waals surface area contributed by atoms with Crippen LogP contribution in [0.25, 0.3) is 38.8 Å². The molecule has 8 rings (SSSR count). The number of pyridine rings is 1. The summed E-state index contributed by atoms with van der Waals surface area (Å²) in [6.07, 6.45) is 1.87. The van der Waals surface area contributed by atoms with Crippen molar-refractivity contribution in [3.8, 4) is 28.3 Å². The van der Waals surface area contributed by atoms with Crippen molar-refractivity contribution in [2.24, 2.45) is 22.7 Å². The van der Waals surface area contributed by atoms with E-state index >= 15 is 0 Å². The Morgan fingerprint density at radius 1 is 0.689 bits per heavy atom. The Morgan fingerprint density at radius 3 is 2.02 bits per heavy atom. The number of aryl methyl sites for hydroxylation is 3. The molecule has 1 aliphatic rings. The van der Waals surface area contributed by atoms with E-state index in [2.05, 4.69) is 209 Å². The van der Waals surface area contributed by atoms with Gasteiger partial charge in [0.25, 0.3) is 0 Å².